The van der Waals surface area contributed by atoms with Gasteiger partial charge in [-0.15, -0.1) is 0 Å². The highest BCUT2D eigenvalue weighted by atomic mass is 16.3. The molecule has 0 spiro atoms. The SMILES string of the molecule is CC(=O)c1cc(N)c(C)c(O)c1. The molecule has 0 atom stereocenters. The predicted octanol–water partition coefficient (Wildman–Crippen LogP) is 1.49. The van der Waals surface area contributed by atoms with Crippen molar-refractivity contribution < 1.29 is 9.90 Å². The second kappa shape index (κ2) is 2.85. The number of benzene rings is 1. The molecule has 0 heterocycles. The summed E-state index contributed by atoms with van der Waals surface area (Å²) in [7, 11) is 0. The second-order valence-corrected chi connectivity index (χ2v) is 2.77. The van der Waals surface area contributed by atoms with Crippen molar-refractivity contribution in [3.05, 3.63) is 23.3 Å². The number of hydrogen-bond acceptors (Lipinski definition) is 3. The summed E-state index contributed by atoms with van der Waals surface area (Å²) < 4.78 is 0. The maximum absolute atomic E-state index is 10.9. The molecule has 0 bridgehead atoms. The largest absolute Gasteiger partial charge is 0.508 e. The molecule has 0 saturated heterocycles. The van der Waals surface area contributed by atoms with Gasteiger partial charge in [0.2, 0.25) is 0 Å². The van der Waals surface area contributed by atoms with Gasteiger partial charge in [0.15, 0.2) is 5.78 Å². The van der Waals surface area contributed by atoms with E-state index < -0.39 is 0 Å². The number of phenols is 1. The van der Waals surface area contributed by atoms with Gasteiger partial charge in [-0.25, -0.2) is 0 Å². The molecule has 3 nitrogen and oxygen atoms in total. The van der Waals surface area contributed by atoms with Crippen molar-refractivity contribution in [3.63, 3.8) is 0 Å². The Hall–Kier alpha value is -1.51. The van der Waals surface area contributed by atoms with Crippen LogP contribution in [0.5, 0.6) is 5.75 Å². The molecular weight excluding hydrogens is 154 g/mol. The Morgan fingerprint density at radius 2 is 2.08 bits per heavy atom. The van der Waals surface area contributed by atoms with E-state index >= 15 is 0 Å². The summed E-state index contributed by atoms with van der Waals surface area (Å²) >= 11 is 0. The molecule has 0 aliphatic rings. The minimum Gasteiger partial charge on any atom is -0.508 e. The van der Waals surface area contributed by atoms with Crippen LogP contribution in [0.1, 0.15) is 22.8 Å². The highest BCUT2D eigenvalue weighted by Gasteiger charge is 2.06. The van der Waals surface area contributed by atoms with Crippen molar-refractivity contribution in [1.82, 2.24) is 0 Å². The van der Waals surface area contributed by atoms with Crippen LogP contribution in [0, 0.1) is 6.92 Å². The van der Waals surface area contributed by atoms with Gasteiger partial charge in [0.05, 0.1) is 0 Å². The van der Waals surface area contributed by atoms with Gasteiger partial charge in [0.25, 0.3) is 0 Å². The number of carbonyl (C=O) groups excluding carboxylic acids is 1. The topological polar surface area (TPSA) is 63.3 Å². The zero-order valence-electron chi connectivity index (χ0n) is 7.09. The number of aromatic hydroxyl groups is 1. The van der Waals surface area contributed by atoms with E-state index in [-0.39, 0.29) is 11.5 Å². The summed E-state index contributed by atoms with van der Waals surface area (Å²) in [6, 6.07) is 2.99. The van der Waals surface area contributed by atoms with Gasteiger partial charge in [-0.05, 0) is 26.0 Å². The maximum Gasteiger partial charge on any atom is 0.160 e. The van der Waals surface area contributed by atoms with Crippen LogP contribution in [0.2, 0.25) is 0 Å². The van der Waals surface area contributed by atoms with E-state index in [2.05, 4.69) is 0 Å². The lowest BCUT2D eigenvalue weighted by Crippen LogP contribution is -1.96. The molecule has 3 heteroatoms. The molecule has 0 unspecified atom stereocenters. The van der Waals surface area contributed by atoms with Gasteiger partial charge >= 0.3 is 0 Å². The molecule has 0 aromatic heterocycles. The summed E-state index contributed by atoms with van der Waals surface area (Å²) in [6.45, 7) is 3.14. The Morgan fingerprint density at radius 1 is 1.50 bits per heavy atom. The molecule has 0 aliphatic carbocycles. The van der Waals surface area contributed by atoms with Crippen molar-refractivity contribution in [2.24, 2.45) is 0 Å². The number of carbonyl (C=O) groups is 1. The molecule has 1 aromatic carbocycles. The van der Waals surface area contributed by atoms with Crippen molar-refractivity contribution in [2.75, 3.05) is 5.73 Å². The first-order valence-corrected chi connectivity index (χ1v) is 3.62. The maximum atomic E-state index is 10.9. The zero-order chi connectivity index (χ0) is 9.30. The fraction of sp³-hybridized carbons (Fsp3) is 0.222. The van der Waals surface area contributed by atoms with Crippen molar-refractivity contribution in [1.29, 1.82) is 0 Å². The molecule has 3 N–H and O–H groups in total. The molecule has 1 rings (SSSR count). The highest BCUT2D eigenvalue weighted by molar-refractivity contribution is 5.95. The molecule has 0 aliphatic heterocycles. The van der Waals surface area contributed by atoms with Crippen LogP contribution in [0.3, 0.4) is 0 Å². The monoisotopic (exact) mass is 165 g/mol. The molecular formula is C9H11NO2. The van der Waals surface area contributed by atoms with E-state index in [4.69, 9.17) is 5.73 Å². The fourth-order valence-corrected chi connectivity index (χ4v) is 0.924. The van der Waals surface area contributed by atoms with Crippen LogP contribution in [-0.4, -0.2) is 10.9 Å². The van der Waals surface area contributed by atoms with Crippen LogP contribution in [-0.2, 0) is 0 Å². The van der Waals surface area contributed by atoms with Gasteiger partial charge in [-0.1, -0.05) is 0 Å². The molecule has 12 heavy (non-hydrogen) atoms. The number of Topliss-reactive ketones (excluding diaryl/α,β-unsaturated/α-hetero) is 1. The van der Waals surface area contributed by atoms with E-state index in [1.54, 1.807) is 13.0 Å². The third kappa shape index (κ3) is 1.39. The fourth-order valence-electron chi connectivity index (χ4n) is 0.924. The number of phenolic OH excluding ortho intramolecular Hbond substituents is 1. The van der Waals surface area contributed by atoms with Crippen LogP contribution in [0.15, 0.2) is 12.1 Å². The summed E-state index contributed by atoms with van der Waals surface area (Å²) in [4.78, 5) is 10.9. The van der Waals surface area contributed by atoms with Gasteiger partial charge in [-0.2, -0.15) is 0 Å². The number of rotatable bonds is 1. The van der Waals surface area contributed by atoms with E-state index in [0.29, 0.717) is 16.8 Å². The number of ketones is 1. The van der Waals surface area contributed by atoms with Crippen LogP contribution >= 0.6 is 0 Å². The lowest BCUT2D eigenvalue weighted by atomic mass is 10.1. The Morgan fingerprint density at radius 3 is 2.50 bits per heavy atom. The Bertz CT molecular complexity index is 308. The predicted molar refractivity (Wildman–Crippen MR) is 47.3 cm³/mol. The van der Waals surface area contributed by atoms with Crippen molar-refractivity contribution in [2.45, 2.75) is 13.8 Å². The lowest BCUT2D eigenvalue weighted by Gasteiger charge is -2.04. The highest BCUT2D eigenvalue weighted by Crippen LogP contribution is 2.24. The molecule has 0 amide bonds. The lowest BCUT2D eigenvalue weighted by molar-refractivity contribution is 0.101. The van der Waals surface area contributed by atoms with E-state index in [0.717, 1.165) is 0 Å². The Labute approximate surface area is 70.8 Å². The Balaban J connectivity index is 3.31. The van der Waals surface area contributed by atoms with Gasteiger partial charge in [0, 0.05) is 16.8 Å². The minimum absolute atomic E-state index is 0.0696. The number of anilines is 1. The quantitative estimate of drug-likeness (QED) is 0.489. The smallest absolute Gasteiger partial charge is 0.160 e. The second-order valence-electron chi connectivity index (χ2n) is 2.77. The van der Waals surface area contributed by atoms with E-state index in [1.165, 1.54) is 13.0 Å². The van der Waals surface area contributed by atoms with Crippen LogP contribution in [0.25, 0.3) is 0 Å². The number of hydrogen-bond donors (Lipinski definition) is 2. The summed E-state index contributed by atoms with van der Waals surface area (Å²) in [5.41, 5.74) is 7.04. The first kappa shape index (κ1) is 8.59. The van der Waals surface area contributed by atoms with Crippen molar-refractivity contribution >= 4 is 11.5 Å². The van der Waals surface area contributed by atoms with Gasteiger partial charge < -0.3 is 10.8 Å². The molecule has 0 saturated carbocycles. The zero-order valence-corrected chi connectivity index (χ0v) is 7.09. The van der Waals surface area contributed by atoms with Crippen LogP contribution < -0.4 is 5.73 Å². The van der Waals surface area contributed by atoms with E-state index in [1.807, 2.05) is 0 Å². The first-order valence-electron chi connectivity index (χ1n) is 3.62. The van der Waals surface area contributed by atoms with E-state index in [9.17, 15) is 9.90 Å². The third-order valence-corrected chi connectivity index (χ3v) is 1.83. The molecule has 1 aromatic rings. The normalized spacial score (nSPS) is 9.83. The molecule has 0 fully saturated rings. The summed E-state index contributed by atoms with van der Waals surface area (Å²) in [6.07, 6.45) is 0. The van der Waals surface area contributed by atoms with Crippen molar-refractivity contribution in [3.8, 4) is 5.75 Å². The average Bonchev–Trinajstić information content (AvgIpc) is 1.99. The molecule has 0 radical (unpaired) electrons. The molecule has 64 valence electrons. The number of nitrogens with two attached hydrogens (primary N) is 1. The standard InChI is InChI=1S/C9H11NO2/c1-5-8(10)3-7(6(2)11)4-9(5)12/h3-4,12H,10H2,1-2H3. The summed E-state index contributed by atoms with van der Waals surface area (Å²) in [5.74, 6) is -0.0304. The summed E-state index contributed by atoms with van der Waals surface area (Å²) in [5, 5.41) is 9.30. The first-order chi connectivity index (χ1) is 5.52. The third-order valence-electron chi connectivity index (χ3n) is 1.83. The van der Waals surface area contributed by atoms with Gasteiger partial charge in [0.1, 0.15) is 5.75 Å². The minimum atomic E-state index is -0.1000. The van der Waals surface area contributed by atoms with Crippen LogP contribution in [0.4, 0.5) is 5.69 Å². The number of nitrogen functional groups attached to an aromatic ring is 1. The van der Waals surface area contributed by atoms with Gasteiger partial charge in [-0.3, -0.25) is 4.79 Å². The average molecular weight is 165 g/mol. The Kier molecular flexibility index (Phi) is 2.04.